The fraction of sp³-hybridized carbons (Fsp3) is 0.250. The van der Waals surface area contributed by atoms with Crippen LogP contribution in [0.2, 0.25) is 0 Å². The van der Waals surface area contributed by atoms with Crippen molar-refractivity contribution in [1.29, 1.82) is 0 Å². The fourth-order valence-corrected chi connectivity index (χ4v) is 0.470. The van der Waals surface area contributed by atoms with Gasteiger partial charge in [0.25, 0.3) is 0 Å². The van der Waals surface area contributed by atoms with Crippen LogP contribution in [-0.4, -0.2) is 23.2 Å². The molecule has 0 fully saturated rings. The quantitative estimate of drug-likeness (QED) is 0.274. The maximum absolute atomic E-state index is 9.55. The molecule has 0 heterocycles. The summed E-state index contributed by atoms with van der Waals surface area (Å²) in [5, 5.41) is 2.50. The van der Waals surface area contributed by atoms with Crippen LogP contribution in [0.25, 0.3) is 0 Å². The molecule has 1 amide bonds. The highest BCUT2D eigenvalue weighted by Crippen LogP contribution is 1.57. The second-order valence-corrected chi connectivity index (χ2v) is 1.76. The van der Waals surface area contributed by atoms with E-state index in [2.05, 4.69) is 5.32 Å². The number of nitrogens with one attached hydrogen (secondary N) is 1. The summed E-state index contributed by atoms with van der Waals surface area (Å²) in [6, 6.07) is 0. The maximum atomic E-state index is 9.55. The Labute approximate surface area is 46.0 Å². The molecule has 0 radical (unpaired) electrons. The Bertz CT molecular complexity index is 72.1. The SMILES string of the molecule is O=CNCC=C[SiH3]. The van der Waals surface area contributed by atoms with Crippen LogP contribution in [-0.2, 0) is 4.79 Å². The average Bonchev–Trinajstić information content (AvgIpc) is 1.69. The Morgan fingerprint density at radius 2 is 2.43 bits per heavy atom. The third kappa shape index (κ3) is 5.43. The van der Waals surface area contributed by atoms with Crippen molar-refractivity contribution in [2.75, 3.05) is 6.54 Å². The van der Waals surface area contributed by atoms with Crippen molar-refractivity contribution in [3.05, 3.63) is 11.8 Å². The molecule has 0 aliphatic carbocycles. The van der Waals surface area contributed by atoms with Gasteiger partial charge in [-0.2, -0.15) is 0 Å². The van der Waals surface area contributed by atoms with Crippen LogP contribution in [0.5, 0.6) is 0 Å². The second kappa shape index (κ2) is 5.43. The summed E-state index contributed by atoms with van der Waals surface area (Å²) in [5.41, 5.74) is 2.02. The van der Waals surface area contributed by atoms with Crippen molar-refractivity contribution in [2.45, 2.75) is 0 Å². The Kier molecular flexibility index (Phi) is 4.98. The first-order valence-corrected chi connectivity index (χ1v) is 3.35. The molecule has 0 aliphatic heterocycles. The largest absolute Gasteiger partial charge is 0.355 e. The van der Waals surface area contributed by atoms with E-state index < -0.39 is 0 Å². The first kappa shape index (κ1) is 6.43. The second-order valence-electron chi connectivity index (χ2n) is 1.10. The van der Waals surface area contributed by atoms with E-state index in [0.29, 0.717) is 13.0 Å². The lowest BCUT2D eigenvalue weighted by atomic mass is 10.6. The minimum absolute atomic E-state index is 0.674. The van der Waals surface area contributed by atoms with E-state index in [4.69, 9.17) is 0 Å². The number of amides is 1. The minimum atomic E-state index is 0.674. The predicted molar refractivity (Wildman–Crippen MR) is 33.1 cm³/mol. The van der Waals surface area contributed by atoms with E-state index in [1.165, 1.54) is 0 Å². The van der Waals surface area contributed by atoms with Crippen molar-refractivity contribution < 1.29 is 4.79 Å². The number of rotatable bonds is 3. The van der Waals surface area contributed by atoms with Crippen LogP contribution in [0, 0.1) is 0 Å². The minimum Gasteiger partial charge on any atom is -0.355 e. The van der Waals surface area contributed by atoms with Gasteiger partial charge >= 0.3 is 0 Å². The first-order chi connectivity index (χ1) is 3.41. The van der Waals surface area contributed by atoms with E-state index >= 15 is 0 Å². The van der Waals surface area contributed by atoms with Gasteiger partial charge < -0.3 is 5.32 Å². The van der Waals surface area contributed by atoms with E-state index in [9.17, 15) is 4.79 Å². The number of carbonyl (C=O) groups excluding carboxylic acids is 1. The zero-order valence-corrected chi connectivity index (χ0v) is 6.35. The molecule has 1 N–H and O–H groups in total. The lowest BCUT2D eigenvalue weighted by molar-refractivity contribution is -0.109. The summed E-state index contributed by atoms with van der Waals surface area (Å²) < 4.78 is 0. The standard InChI is InChI=1S/C4H9NOSi/c6-4-5-2-1-3-7/h1,3-4H,2H2,7H3,(H,5,6). The highest BCUT2D eigenvalue weighted by atomic mass is 28.1. The fourth-order valence-electron chi connectivity index (χ4n) is 0.234. The third-order valence-electron chi connectivity index (χ3n) is 0.555. The normalized spacial score (nSPS) is 9.71. The maximum Gasteiger partial charge on any atom is 0.207 e. The number of hydrogen-bond donors (Lipinski definition) is 1. The van der Waals surface area contributed by atoms with E-state index in [1.807, 2.05) is 11.8 Å². The highest BCUT2D eigenvalue weighted by molar-refractivity contribution is 6.16. The molecule has 2 nitrogen and oxygen atoms in total. The summed E-state index contributed by atoms with van der Waals surface area (Å²) in [7, 11) is 1.07. The average molecular weight is 115 g/mol. The van der Waals surface area contributed by atoms with Gasteiger partial charge in [0.1, 0.15) is 0 Å². The van der Waals surface area contributed by atoms with Gasteiger partial charge in [-0.1, -0.05) is 6.08 Å². The summed E-state index contributed by atoms with van der Waals surface area (Å²) >= 11 is 0. The molecule has 0 saturated carbocycles. The molecule has 0 bridgehead atoms. The summed E-state index contributed by atoms with van der Waals surface area (Å²) in [6.45, 7) is 0.674. The van der Waals surface area contributed by atoms with Gasteiger partial charge in [0.05, 0.1) is 0 Å². The van der Waals surface area contributed by atoms with Gasteiger partial charge in [0.2, 0.25) is 6.41 Å². The smallest absolute Gasteiger partial charge is 0.207 e. The molecule has 0 rings (SSSR count). The van der Waals surface area contributed by atoms with E-state index in [1.54, 1.807) is 0 Å². The van der Waals surface area contributed by atoms with E-state index in [0.717, 1.165) is 10.2 Å². The van der Waals surface area contributed by atoms with Crippen LogP contribution in [0.4, 0.5) is 0 Å². The van der Waals surface area contributed by atoms with Gasteiger partial charge in [0, 0.05) is 16.8 Å². The Morgan fingerprint density at radius 1 is 1.71 bits per heavy atom. The Hall–Kier alpha value is -0.573. The van der Waals surface area contributed by atoms with Gasteiger partial charge in [-0.15, -0.1) is 5.70 Å². The molecule has 0 aromatic rings. The van der Waals surface area contributed by atoms with Crippen LogP contribution >= 0.6 is 0 Å². The topological polar surface area (TPSA) is 29.1 Å². The summed E-state index contributed by atoms with van der Waals surface area (Å²) in [6.07, 6.45) is 2.63. The zero-order valence-electron chi connectivity index (χ0n) is 4.35. The molecule has 0 saturated heterocycles. The van der Waals surface area contributed by atoms with Crippen LogP contribution in [0.3, 0.4) is 0 Å². The number of hydrogen-bond acceptors (Lipinski definition) is 1. The molecule has 0 spiro atoms. The monoisotopic (exact) mass is 115 g/mol. The van der Waals surface area contributed by atoms with Crippen LogP contribution in [0.1, 0.15) is 0 Å². The molecule has 0 aliphatic rings. The molecule has 40 valence electrons. The van der Waals surface area contributed by atoms with Gasteiger partial charge in [-0.25, -0.2) is 0 Å². The van der Waals surface area contributed by atoms with Gasteiger partial charge in [-0.3, -0.25) is 4.79 Å². The lowest BCUT2D eigenvalue weighted by Gasteiger charge is -1.83. The zero-order chi connectivity index (χ0) is 5.54. The summed E-state index contributed by atoms with van der Waals surface area (Å²) in [4.78, 5) is 9.55. The Balaban J connectivity index is 2.82. The lowest BCUT2D eigenvalue weighted by Crippen LogP contribution is -2.09. The molecule has 3 heteroatoms. The Morgan fingerprint density at radius 3 is 2.86 bits per heavy atom. The molecule has 7 heavy (non-hydrogen) atoms. The van der Waals surface area contributed by atoms with Crippen molar-refractivity contribution in [1.82, 2.24) is 5.32 Å². The van der Waals surface area contributed by atoms with Crippen molar-refractivity contribution in [3.63, 3.8) is 0 Å². The van der Waals surface area contributed by atoms with Gasteiger partial charge in [0.15, 0.2) is 0 Å². The predicted octanol–water partition coefficient (Wildman–Crippen LogP) is -1.39. The first-order valence-electron chi connectivity index (χ1n) is 2.20. The van der Waals surface area contributed by atoms with Crippen molar-refractivity contribution >= 4 is 16.7 Å². The molecule has 0 atom stereocenters. The number of carbonyl (C=O) groups is 1. The highest BCUT2D eigenvalue weighted by Gasteiger charge is 1.66. The van der Waals surface area contributed by atoms with E-state index in [-0.39, 0.29) is 0 Å². The molecule has 0 unspecified atom stereocenters. The molecule has 0 aromatic heterocycles. The van der Waals surface area contributed by atoms with Crippen LogP contribution < -0.4 is 5.32 Å². The third-order valence-corrected chi connectivity index (χ3v) is 1.03. The molecular weight excluding hydrogens is 106 g/mol. The van der Waals surface area contributed by atoms with Crippen molar-refractivity contribution in [3.8, 4) is 0 Å². The van der Waals surface area contributed by atoms with Crippen molar-refractivity contribution in [2.24, 2.45) is 0 Å². The molecular formula is C4H9NOSi. The summed E-state index contributed by atoms with van der Waals surface area (Å²) in [5.74, 6) is 0. The van der Waals surface area contributed by atoms with Gasteiger partial charge in [-0.05, 0) is 0 Å². The molecule has 0 aromatic carbocycles. The van der Waals surface area contributed by atoms with Crippen LogP contribution in [0.15, 0.2) is 11.8 Å².